The molecule has 0 aliphatic heterocycles. The number of rotatable bonds is 6. The Labute approximate surface area is 208 Å². The van der Waals surface area contributed by atoms with Crippen molar-refractivity contribution in [3.63, 3.8) is 0 Å². The summed E-state index contributed by atoms with van der Waals surface area (Å²) in [6.07, 6.45) is 0. The van der Waals surface area contributed by atoms with Crippen LogP contribution in [0, 0.1) is 0 Å². The summed E-state index contributed by atoms with van der Waals surface area (Å²) in [5, 5.41) is 2.51. The molecule has 0 heterocycles. The lowest BCUT2D eigenvalue weighted by Gasteiger charge is -2.12. The molecule has 2 amide bonds. The van der Waals surface area contributed by atoms with Crippen molar-refractivity contribution in [2.75, 3.05) is 6.61 Å². The monoisotopic (exact) mass is 481 g/mol. The zero-order valence-electron chi connectivity index (χ0n) is 18.7. The highest BCUT2D eigenvalue weighted by Gasteiger charge is 2.10. The van der Waals surface area contributed by atoms with E-state index < -0.39 is 5.91 Å². The lowest BCUT2D eigenvalue weighted by Crippen LogP contribution is -2.49. The Balaban J connectivity index is 1.20. The first-order valence-electron chi connectivity index (χ1n) is 10.9. The highest BCUT2D eigenvalue weighted by molar-refractivity contribution is 7.80. The first-order chi connectivity index (χ1) is 17.1. The van der Waals surface area contributed by atoms with E-state index in [0.717, 1.165) is 22.3 Å². The van der Waals surface area contributed by atoms with E-state index in [2.05, 4.69) is 16.2 Å². The summed E-state index contributed by atoms with van der Waals surface area (Å²) in [4.78, 5) is 24.5. The SMILES string of the molecule is O=C(COc1ccc(-c2ccccc2)cc1)NNC(=S)NC(=O)c1ccc(-c2ccccc2)cc1. The van der Waals surface area contributed by atoms with Crippen LogP contribution in [0.25, 0.3) is 22.3 Å². The van der Waals surface area contributed by atoms with Gasteiger partial charge in [-0.05, 0) is 58.7 Å². The smallest absolute Gasteiger partial charge is 0.276 e. The van der Waals surface area contributed by atoms with Crippen LogP contribution in [-0.2, 0) is 4.79 Å². The molecule has 4 aromatic rings. The van der Waals surface area contributed by atoms with E-state index >= 15 is 0 Å². The molecule has 0 aliphatic rings. The highest BCUT2D eigenvalue weighted by atomic mass is 32.1. The van der Waals surface area contributed by atoms with Crippen LogP contribution in [0.1, 0.15) is 10.4 Å². The Morgan fingerprint density at radius 2 is 1.11 bits per heavy atom. The van der Waals surface area contributed by atoms with Crippen molar-refractivity contribution in [3.8, 4) is 28.0 Å². The van der Waals surface area contributed by atoms with Gasteiger partial charge in [-0.3, -0.25) is 25.8 Å². The van der Waals surface area contributed by atoms with E-state index in [9.17, 15) is 9.59 Å². The molecule has 0 unspecified atom stereocenters. The fraction of sp³-hybridized carbons (Fsp3) is 0.0357. The molecule has 174 valence electrons. The molecule has 0 radical (unpaired) electrons. The largest absolute Gasteiger partial charge is 0.484 e. The number of carbonyl (C=O) groups is 2. The standard InChI is InChI=1S/C28H23N3O3S/c32-26(19-34-25-17-15-23(16-18-25)21-9-5-2-6-10-21)30-31-28(35)29-27(33)24-13-11-22(12-14-24)20-7-3-1-4-8-20/h1-18H,19H2,(H,30,32)(H2,29,31,33,35). The third kappa shape index (κ3) is 6.75. The van der Waals surface area contributed by atoms with Crippen LogP contribution >= 0.6 is 12.2 Å². The van der Waals surface area contributed by atoms with E-state index in [1.165, 1.54) is 0 Å². The van der Waals surface area contributed by atoms with Gasteiger partial charge in [-0.2, -0.15) is 0 Å². The van der Waals surface area contributed by atoms with Gasteiger partial charge >= 0.3 is 0 Å². The maximum Gasteiger partial charge on any atom is 0.276 e. The first kappa shape index (κ1) is 23.7. The quantitative estimate of drug-likeness (QED) is 0.274. The zero-order valence-corrected chi connectivity index (χ0v) is 19.5. The number of benzene rings is 4. The van der Waals surface area contributed by atoms with E-state index in [1.54, 1.807) is 24.3 Å². The van der Waals surface area contributed by atoms with Crippen LogP contribution in [-0.4, -0.2) is 23.5 Å². The van der Waals surface area contributed by atoms with Crippen molar-refractivity contribution in [2.45, 2.75) is 0 Å². The van der Waals surface area contributed by atoms with Gasteiger partial charge in [0.05, 0.1) is 0 Å². The summed E-state index contributed by atoms with van der Waals surface area (Å²) in [5.74, 6) is -0.262. The van der Waals surface area contributed by atoms with Crippen molar-refractivity contribution < 1.29 is 14.3 Å². The third-order valence-corrected chi connectivity index (χ3v) is 5.33. The number of hydrazine groups is 1. The minimum absolute atomic E-state index is 0.0253. The Morgan fingerprint density at radius 1 is 0.629 bits per heavy atom. The predicted octanol–water partition coefficient (Wildman–Crippen LogP) is 4.74. The summed E-state index contributed by atoms with van der Waals surface area (Å²) < 4.78 is 5.51. The maximum atomic E-state index is 12.4. The molecule has 4 aromatic carbocycles. The fourth-order valence-corrected chi connectivity index (χ4v) is 3.48. The van der Waals surface area contributed by atoms with Crippen LogP contribution in [0.5, 0.6) is 5.75 Å². The topological polar surface area (TPSA) is 79.5 Å². The van der Waals surface area contributed by atoms with E-state index in [4.69, 9.17) is 17.0 Å². The van der Waals surface area contributed by atoms with Crippen LogP contribution < -0.4 is 20.9 Å². The van der Waals surface area contributed by atoms with Crippen molar-refractivity contribution in [3.05, 3.63) is 115 Å². The van der Waals surface area contributed by atoms with Gasteiger partial charge in [-0.25, -0.2) is 0 Å². The highest BCUT2D eigenvalue weighted by Crippen LogP contribution is 2.22. The number of nitrogens with one attached hydrogen (secondary N) is 3. The summed E-state index contributed by atoms with van der Waals surface area (Å²) in [7, 11) is 0. The number of amides is 2. The molecule has 0 bridgehead atoms. The lowest BCUT2D eigenvalue weighted by atomic mass is 10.0. The molecule has 4 rings (SSSR count). The van der Waals surface area contributed by atoms with E-state index in [1.807, 2.05) is 84.9 Å². The summed E-state index contributed by atoms with van der Waals surface area (Å²) in [5.41, 5.74) is 9.59. The second kappa shape index (κ2) is 11.6. The molecule has 0 saturated carbocycles. The van der Waals surface area contributed by atoms with Gasteiger partial charge in [0.15, 0.2) is 11.7 Å². The Bertz CT molecular complexity index is 1290. The summed E-state index contributed by atoms with van der Waals surface area (Å²) >= 11 is 5.09. The van der Waals surface area contributed by atoms with E-state index in [-0.39, 0.29) is 17.6 Å². The molecule has 3 N–H and O–H groups in total. The zero-order chi connectivity index (χ0) is 24.5. The van der Waals surface area contributed by atoms with Gasteiger partial charge in [0, 0.05) is 5.56 Å². The minimum Gasteiger partial charge on any atom is -0.484 e. The van der Waals surface area contributed by atoms with Crippen molar-refractivity contribution in [1.82, 2.24) is 16.2 Å². The molecule has 35 heavy (non-hydrogen) atoms. The number of hydrogen-bond acceptors (Lipinski definition) is 4. The Kier molecular flexibility index (Phi) is 7.83. The molecule has 0 aromatic heterocycles. The van der Waals surface area contributed by atoms with Gasteiger partial charge in [0.2, 0.25) is 0 Å². The second-order valence-corrected chi connectivity index (χ2v) is 7.99. The van der Waals surface area contributed by atoms with Gasteiger partial charge in [0.1, 0.15) is 5.75 Å². The van der Waals surface area contributed by atoms with Gasteiger partial charge in [-0.1, -0.05) is 84.9 Å². The average molecular weight is 482 g/mol. The fourth-order valence-electron chi connectivity index (χ4n) is 3.34. The average Bonchev–Trinajstić information content (AvgIpc) is 2.92. The van der Waals surface area contributed by atoms with Crippen LogP contribution in [0.3, 0.4) is 0 Å². The van der Waals surface area contributed by atoms with Crippen LogP contribution in [0.4, 0.5) is 0 Å². The number of thiocarbonyl (C=S) groups is 1. The third-order valence-electron chi connectivity index (χ3n) is 5.13. The lowest BCUT2D eigenvalue weighted by molar-refractivity contribution is -0.123. The normalized spacial score (nSPS) is 10.2. The molecule has 7 heteroatoms. The molecule has 0 saturated heterocycles. The molecular formula is C28H23N3O3S. The van der Waals surface area contributed by atoms with Crippen molar-refractivity contribution in [2.24, 2.45) is 0 Å². The van der Waals surface area contributed by atoms with Crippen LogP contribution in [0.2, 0.25) is 0 Å². The molecule has 0 aliphatic carbocycles. The maximum absolute atomic E-state index is 12.4. The number of carbonyl (C=O) groups excluding carboxylic acids is 2. The van der Waals surface area contributed by atoms with Gasteiger partial charge in [-0.15, -0.1) is 0 Å². The van der Waals surface area contributed by atoms with Gasteiger partial charge < -0.3 is 4.74 Å². The summed E-state index contributed by atoms with van der Waals surface area (Å²) in [6.45, 7) is -0.213. The Hall–Kier alpha value is -4.49. The minimum atomic E-state index is -0.444. The predicted molar refractivity (Wildman–Crippen MR) is 141 cm³/mol. The Morgan fingerprint density at radius 3 is 1.66 bits per heavy atom. The first-order valence-corrected chi connectivity index (χ1v) is 11.3. The molecule has 6 nitrogen and oxygen atoms in total. The molecule has 0 atom stereocenters. The van der Waals surface area contributed by atoms with Crippen molar-refractivity contribution >= 4 is 29.1 Å². The van der Waals surface area contributed by atoms with Crippen LogP contribution in [0.15, 0.2) is 109 Å². The van der Waals surface area contributed by atoms with Gasteiger partial charge in [0.25, 0.3) is 11.8 Å². The number of ether oxygens (including phenoxy) is 1. The molecular weight excluding hydrogens is 458 g/mol. The summed E-state index contributed by atoms with van der Waals surface area (Å²) in [6, 6.07) is 34.5. The van der Waals surface area contributed by atoms with Crippen molar-refractivity contribution in [1.29, 1.82) is 0 Å². The number of hydrogen-bond donors (Lipinski definition) is 3. The molecule has 0 fully saturated rings. The second-order valence-electron chi connectivity index (χ2n) is 7.58. The molecule has 0 spiro atoms. The van der Waals surface area contributed by atoms with E-state index in [0.29, 0.717) is 11.3 Å².